The zero-order valence-electron chi connectivity index (χ0n) is 12.6. The third-order valence-electron chi connectivity index (χ3n) is 4.82. The minimum Gasteiger partial charge on any atom is -0.392 e. The molecule has 106 valence electrons. The van der Waals surface area contributed by atoms with Crippen molar-refractivity contribution >= 4 is 0 Å². The molecule has 1 aliphatic carbocycles. The second-order valence-electron chi connectivity index (χ2n) is 6.35. The van der Waals surface area contributed by atoms with Gasteiger partial charge < -0.3 is 10.4 Å². The van der Waals surface area contributed by atoms with Crippen LogP contribution >= 0.6 is 0 Å². The number of aryl methyl sites for hydroxylation is 1. The maximum atomic E-state index is 9.83. The van der Waals surface area contributed by atoms with Crippen molar-refractivity contribution in [1.82, 2.24) is 5.32 Å². The van der Waals surface area contributed by atoms with E-state index >= 15 is 0 Å². The summed E-state index contributed by atoms with van der Waals surface area (Å²) in [6, 6.07) is 9.73. The number of hydrogen-bond acceptors (Lipinski definition) is 2. The highest BCUT2D eigenvalue weighted by Crippen LogP contribution is 2.41. The fourth-order valence-electron chi connectivity index (χ4n) is 2.86. The Balaban J connectivity index is 2.04. The molecule has 0 radical (unpaired) electrons. The van der Waals surface area contributed by atoms with Gasteiger partial charge in [-0.25, -0.2) is 0 Å². The highest BCUT2D eigenvalue weighted by molar-refractivity contribution is 5.25. The molecule has 0 saturated heterocycles. The van der Waals surface area contributed by atoms with Gasteiger partial charge in [0.15, 0.2) is 0 Å². The largest absolute Gasteiger partial charge is 0.392 e. The maximum Gasteiger partial charge on any atom is 0.0621 e. The third kappa shape index (κ3) is 2.85. The van der Waals surface area contributed by atoms with E-state index in [1.165, 1.54) is 11.1 Å². The minimum atomic E-state index is -0.162. The van der Waals surface area contributed by atoms with Crippen molar-refractivity contribution < 1.29 is 5.11 Å². The summed E-state index contributed by atoms with van der Waals surface area (Å²) < 4.78 is 0. The molecule has 0 amide bonds. The molecule has 1 fully saturated rings. The fourth-order valence-corrected chi connectivity index (χ4v) is 2.86. The van der Waals surface area contributed by atoms with Crippen LogP contribution in [0, 0.1) is 5.41 Å². The van der Waals surface area contributed by atoms with Crippen LogP contribution < -0.4 is 5.32 Å². The first-order valence-electron chi connectivity index (χ1n) is 7.52. The lowest BCUT2D eigenvalue weighted by molar-refractivity contribution is -0.0762. The molecular weight excluding hydrogens is 234 g/mol. The third-order valence-corrected chi connectivity index (χ3v) is 4.82. The van der Waals surface area contributed by atoms with E-state index in [1.54, 1.807) is 0 Å². The van der Waals surface area contributed by atoms with Crippen molar-refractivity contribution in [3.8, 4) is 0 Å². The van der Waals surface area contributed by atoms with E-state index in [0.717, 1.165) is 19.3 Å². The average molecular weight is 261 g/mol. The Labute approximate surface area is 117 Å². The molecule has 1 aliphatic rings. The van der Waals surface area contributed by atoms with Gasteiger partial charge in [0.25, 0.3) is 0 Å². The molecule has 0 heterocycles. The number of rotatable bonds is 5. The highest BCUT2D eigenvalue weighted by atomic mass is 16.3. The van der Waals surface area contributed by atoms with Crippen molar-refractivity contribution in [2.75, 3.05) is 0 Å². The van der Waals surface area contributed by atoms with Crippen LogP contribution in [0.2, 0.25) is 0 Å². The standard InChI is InChI=1S/C17H27NO/c1-5-12-7-9-13(10-8-12)14(6-2)18-15-11-16(19)17(15,3)4/h7-10,14-16,18-19H,5-6,11H2,1-4H3. The van der Waals surface area contributed by atoms with E-state index in [1.807, 2.05) is 0 Å². The Hall–Kier alpha value is -0.860. The van der Waals surface area contributed by atoms with Gasteiger partial charge in [-0.1, -0.05) is 52.0 Å². The van der Waals surface area contributed by atoms with E-state index in [4.69, 9.17) is 0 Å². The molecule has 3 unspecified atom stereocenters. The van der Waals surface area contributed by atoms with Crippen LogP contribution in [0.25, 0.3) is 0 Å². The molecule has 0 spiro atoms. The lowest BCUT2D eigenvalue weighted by atomic mass is 9.64. The Morgan fingerprint density at radius 1 is 1.26 bits per heavy atom. The number of aliphatic hydroxyl groups is 1. The van der Waals surface area contributed by atoms with Crippen molar-refractivity contribution in [2.24, 2.45) is 5.41 Å². The van der Waals surface area contributed by atoms with Crippen LogP contribution in [-0.2, 0) is 6.42 Å². The lowest BCUT2D eigenvalue weighted by Gasteiger charge is -2.51. The zero-order valence-corrected chi connectivity index (χ0v) is 12.6. The van der Waals surface area contributed by atoms with Gasteiger partial charge in [-0.05, 0) is 30.4 Å². The number of aliphatic hydroxyl groups excluding tert-OH is 1. The van der Waals surface area contributed by atoms with E-state index < -0.39 is 0 Å². The lowest BCUT2D eigenvalue weighted by Crippen LogP contribution is -2.60. The van der Waals surface area contributed by atoms with Gasteiger partial charge >= 0.3 is 0 Å². The first kappa shape index (κ1) is 14.5. The highest BCUT2D eigenvalue weighted by Gasteiger charge is 2.47. The van der Waals surface area contributed by atoms with Crippen LogP contribution in [0.1, 0.15) is 57.7 Å². The smallest absolute Gasteiger partial charge is 0.0621 e. The second kappa shape index (κ2) is 5.64. The molecule has 3 atom stereocenters. The SMILES string of the molecule is CCc1ccc(C(CC)NC2CC(O)C2(C)C)cc1. The van der Waals surface area contributed by atoms with Gasteiger partial charge in [0.1, 0.15) is 0 Å². The number of benzene rings is 1. The topological polar surface area (TPSA) is 32.3 Å². The summed E-state index contributed by atoms with van der Waals surface area (Å²) in [5.74, 6) is 0. The summed E-state index contributed by atoms with van der Waals surface area (Å²) in [6.07, 6.45) is 2.88. The van der Waals surface area contributed by atoms with E-state index in [-0.39, 0.29) is 11.5 Å². The normalized spacial score (nSPS) is 26.8. The predicted octanol–water partition coefficient (Wildman–Crippen LogP) is 3.45. The molecule has 19 heavy (non-hydrogen) atoms. The monoisotopic (exact) mass is 261 g/mol. The summed E-state index contributed by atoms with van der Waals surface area (Å²) in [4.78, 5) is 0. The molecular formula is C17H27NO. The molecule has 1 aromatic carbocycles. The van der Waals surface area contributed by atoms with Crippen LogP contribution in [0.15, 0.2) is 24.3 Å². The molecule has 2 N–H and O–H groups in total. The van der Waals surface area contributed by atoms with Gasteiger partial charge in [-0.2, -0.15) is 0 Å². The molecule has 2 nitrogen and oxygen atoms in total. The van der Waals surface area contributed by atoms with E-state index in [0.29, 0.717) is 12.1 Å². The molecule has 1 aromatic rings. The molecule has 2 heteroatoms. The second-order valence-corrected chi connectivity index (χ2v) is 6.35. The molecule has 0 aliphatic heterocycles. The predicted molar refractivity (Wildman–Crippen MR) is 80.2 cm³/mol. The van der Waals surface area contributed by atoms with Crippen LogP contribution in [-0.4, -0.2) is 17.3 Å². The van der Waals surface area contributed by atoms with Gasteiger partial charge in [0.2, 0.25) is 0 Å². The quantitative estimate of drug-likeness (QED) is 0.851. The molecule has 0 bridgehead atoms. The summed E-state index contributed by atoms with van der Waals surface area (Å²) in [6.45, 7) is 8.69. The van der Waals surface area contributed by atoms with Gasteiger partial charge in [0, 0.05) is 17.5 Å². The maximum absolute atomic E-state index is 9.83. The summed E-state index contributed by atoms with van der Waals surface area (Å²) in [5.41, 5.74) is 2.74. The first-order chi connectivity index (χ1) is 8.98. The van der Waals surface area contributed by atoms with Crippen molar-refractivity contribution in [1.29, 1.82) is 0 Å². The van der Waals surface area contributed by atoms with E-state index in [9.17, 15) is 5.11 Å². The van der Waals surface area contributed by atoms with Gasteiger partial charge in [0.05, 0.1) is 6.10 Å². The zero-order chi connectivity index (χ0) is 14.0. The van der Waals surface area contributed by atoms with Crippen molar-refractivity contribution in [3.63, 3.8) is 0 Å². The molecule has 2 rings (SSSR count). The average Bonchev–Trinajstić information content (AvgIpc) is 2.43. The molecule has 1 saturated carbocycles. The van der Waals surface area contributed by atoms with E-state index in [2.05, 4.69) is 57.3 Å². The van der Waals surface area contributed by atoms with Crippen LogP contribution in [0.4, 0.5) is 0 Å². The van der Waals surface area contributed by atoms with Crippen LogP contribution in [0.3, 0.4) is 0 Å². The van der Waals surface area contributed by atoms with Gasteiger partial charge in [-0.3, -0.25) is 0 Å². The summed E-state index contributed by atoms with van der Waals surface area (Å²) >= 11 is 0. The van der Waals surface area contributed by atoms with Crippen molar-refractivity contribution in [2.45, 2.75) is 65.1 Å². The molecule has 0 aromatic heterocycles. The Morgan fingerprint density at radius 3 is 2.32 bits per heavy atom. The Bertz CT molecular complexity index is 410. The minimum absolute atomic E-state index is 0.00320. The summed E-state index contributed by atoms with van der Waals surface area (Å²) in [5, 5.41) is 13.5. The fraction of sp³-hybridized carbons (Fsp3) is 0.647. The number of hydrogen-bond donors (Lipinski definition) is 2. The summed E-state index contributed by atoms with van der Waals surface area (Å²) in [7, 11) is 0. The number of nitrogens with one attached hydrogen (secondary N) is 1. The first-order valence-corrected chi connectivity index (χ1v) is 7.52. The Kier molecular flexibility index (Phi) is 4.32. The van der Waals surface area contributed by atoms with Crippen LogP contribution in [0.5, 0.6) is 0 Å². The van der Waals surface area contributed by atoms with Crippen molar-refractivity contribution in [3.05, 3.63) is 35.4 Å². The van der Waals surface area contributed by atoms with Gasteiger partial charge in [-0.15, -0.1) is 0 Å². The Morgan fingerprint density at radius 2 is 1.89 bits per heavy atom.